The molecule has 0 radical (unpaired) electrons. The first-order valence-electron chi connectivity index (χ1n) is 6.82. The molecule has 4 heteroatoms. The molecule has 0 atom stereocenters. The number of benzene rings is 2. The average Bonchev–Trinajstić information content (AvgIpc) is 2.41. The fourth-order valence-corrected chi connectivity index (χ4v) is 2.07. The smallest absolute Gasteiger partial charge is 0.262 e. The van der Waals surface area contributed by atoms with Gasteiger partial charge in [0.15, 0.2) is 6.61 Å². The lowest BCUT2D eigenvalue weighted by Crippen LogP contribution is -2.20. The summed E-state index contributed by atoms with van der Waals surface area (Å²) in [5, 5.41) is 2.80. The molecule has 2 rings (SSSR count). The Bertz CT molecular complexity index is 666. The molecular weight excluding hydrogens is 264 g/mol. The van der Waals surface area contributed by atoms with Crippen LogP contribution in [-0.2, 0) is 4.79 Å². The van der Waals surface area contributed by atoms with Crippen molar-refractivity contribution < 1.29 is 9.53 Å². The van der Waals surface area contributed by atoms with Crippen molar-refractivity contribution in [3.05, 3.63) is 53.1 Å². The van der Waals surface area contributed by atoms with Crippen molar-refractivity contribution in [1.29, 1.82) is 0 Å². The summed E-state index contributed by atoms with van der Waals surface area (Å²) in [5.74, 6) is 0.441. The number of nitrogens with two attached hydrogens (primary N) is 1. The molecule has 3 N–H and O–H groups in total. The number of hydrogen-bond donors (Lipinski definition) is 2. The van der Waals surface area contributed by atoms with Crippen LogP contribution in [0.15, 0.2) is 36.4 Å². The molecule has 2 aromatic carbocycles. The van der Waals surface area contributed by atoms with E-state index in [1.807, 2.05) is 51.1 Å². The third kappa shape index (κ3) is 3.99. The summed E-state index contributed by atoms with van der Waals surface area (Å²) in [6.07, 6.45) is 0. The van der Waals surface area contributed by atoms with Crippen LogP contribution < -0.4 is 15.8 Å². The van der Waals surface area contributed by atoms with E-state index in [0.29, 0.717) is 11.4 Å². The number of rotatable bonds is 4. The van der Waals surface area contributed by atoms with E-state index >= 15 is 0 Å². The molecule has 0 aliphatic heterocycles. The van der Waals surface area contributed by atoms with Gasteiger partial charge in [-0.2, -0.15) is 0 Å². The number of carbonyl (C=O) groups is 1. The minimum Gasteiger partial charge on any atom is -0.483 e. The van der Waals surface area contributed by atoms with Crippen LogP contribution in [0, 0.1) is 20.8 Å². The van der Waals surface area contributed by atoms with Gasteiger partial charge in [-0.1, -0.05) is 18.2 Å². The van der Waals surface area contributed by atoms with Crippen molar-refractivity contribution in [1.82, 2.24) is 0 Å². The molecule has 4 nitrogen and oxygen atoms in total. The van der Waals surface area contributed by atoms with Crippen LogP contribution in [0.2, 0.25) is 0 Å². The highest BCUT2D eigenvalue weighted by Crippen LogP contribution is 2.24. The first-order valence-corrected chi connectivity index (χ1v) is 6.82. The maximum Gasteiger partial charge on any atom is 0.262 e. The highest BCUT2D eigenvalue weighted by Gasteiger charge is 2.07. The number of nitrogen functional groups attached to an aromatic ring is 1. The van der Waals surface area contributed by atoms with Crippen molar-refractivity contribution in [2.75, 3.05) is 17.7 Å². The summed E-state index contributed by atoms with van der Waals surface area (Å²) in [6.45, 7) is 5.80. The van der Waals surface area contributed by atoms with Gasteiger partial charge in [-0.25, -0.2) is 0 Å². The summed E-state index contributed by atoms with van der Waals surface area (Å²) < 4.78 is 5.54. The Morgan fingerprint density at radius 1 is 1.14 bits per heavy atom. The number of ether oxygens (including phenoxy) is 1. The van der Waals surface area contributed by atoms with Gasteiger partial charge in [-0.15, -0.1) is 0 Å². The number of aryl methyl sites for hydroxylation is 3. The zero-order valence-corrected chi connectivity index (χ0v) is 12.6. The third-order valence-electron chi connectivity index (χ3n) is 3.22. The summed E-state index contributed by atoms with van der Waals surface area (Å²) in [4.78, 5) is 11.9. The van der Waals surface area contributed by atoms with E-state index in [4.69, 9.17) is 10.5 Å². The van der Waals surface area contributed by atoms with Crippen molar-refractivity contribution in [2.45, 2.75) is 20.8 Å². The highest BCUT2D eigenvalue weighted by atomic mass is 16.5. The van der Waals surface area contributed by atoms with E-state index in [9.17, 15) is 4.79 Å². The quantitative estimate of drug-likeness (QED) is 0.847. The summed E-state index contributed by atoms with van der Waals surface area (Å²) in [6, 6.07) is 11.3. The van der Waals surface area contributed by atoms with E-state index in [1.165, 1.54) is 0 Å². The predicted octanol–water partition coefficient (Wildman–Crippen LogP) is 3.21. The normalized spacial score (nSPS) is 10.2. The molecule has 1 amide bonds. The number of hydrogen-bond acceptors (Lipinski definition) is 3. The molecular formula is C17H20N2O2. The number of carbonyl (C=O) groups excluding carboxylic acids is 1. The molecule has 2 aromatic rings. The zero-order valence-electron chi connectivity index (χ0n) is 12.6. The molecule has 0 spiro atoms. The molecule has 0 saturated heterocycles. The average molecular weight is 284 g/mol. The Kier molecular flexibility index (Phi) is 4.48. The van der Waals surface area contributed by atoms with E-state index in [1.54, 1.807) is 6.07 Å². The molecule has 0 saturated carbocycles. The first-order chi connectivity index (χ1) is 9.95. The maximum absolute atomic E-state index is 11.9. The predicted molar refractivity (Wildman–Crippen MR) is 85.6 cm³/mol. The molecule has 0 bridgehead atoms. The topological polar surface area (TPSA) is 64.3 Å². The van der Waals surface area contributed by atoms with Crippen LogP contribution in [0.3, 0.4) is 0 Å². The Balaban J connectivity index is 1.97. The van der Waals surface area contributed by atoms with Gasteiger partial charge in [-0.3, -0.25) is 4.79 Å². The lowest BCUT2D eigenvalue weighted by molar-refractivity contribution is -0.118. The minimum atomic E-state index is -0.195. The van der Waals surface area contributed by atoms with Gasteiger partial charge < -0.3 is 15.8 Å². The molecule has 21 heavy (non-hydrogen) atoms. The van der Waals surface area contributed by atoms with E-state index in [2.05, 4.69) is 5.32 Å². The largest absolute Gasteiger partial charge is 0.483 e. The first kappa shape index (κ1) is 14.9. The van der Waals surface area contributed by atoms with Crippen LogP contribution in [0.5, 0.6) is 5.75 Å². The van der Waals surface area contributed by atoms with Crippen molar-refractivity contribution in [2.24, 2.45) is 0 Å². The summed E-state index contributed by atoms with van der Waals surface area (Å²) in [7, 11) is 0. The van der Waals surface area contributed by atoms with Crippen LogP contribution >= 0.6 is 0 Å². The maximum atomic E-state index is 11.9. The molecule has 110 valence electrons. The van der Waals surface area contributed by atoms with Crippen molar-refractivity contribution in [3.63, 3.8) is 0 Å². The zero-order chi connectivity index (χ0) is 15.4. The molecule has 0 heterocycles. The molecule has 0 aromatic heterocycles. The molecule has 0 unspecified atom stereocenters. The van der Waals surface area contributed by atoms with Crippen molar-refractivity contribution in [3.8, 4) is 5.75 Å². The number of amides is 1. The Hall–Kier alpha value is -2.49. The minimum absolute atomic E-state index is 0.0444. The van der Waals surface area contributed by atoms with Gasteiger partial charge >= 0.3 is 0 Å². The fraction of sp³-hybridized carbons (Fsp3) is 0.235. The Morgan fingerprint density at radius 3 is 2.62 bits per heavy atom. The Morgan fingerprint density at radius 2 is 1.90 bits per heavy atom. The SMILES string of the molecule is Cc1cccc(NC(=O)COc2cc(N)c(C)cc2C)c1. The van der Waals surface area contributed by atoms with Crippen molar-refractivity contribution >= 4 is 17.3 Å². The fourth-order valence-electron chi connectivity index (χ4n) is 2.07. The van der Waals surface area contributed by atoms with Gasteiger partial charge in [0.25, 0.3) is 5.91 Å². The molecule has 0 fully saturated rings. The van der Waals surface area contributed by atoms with E-state index in [0.717, 1.165) is 22.4 Å². The van der Waals surface area contributed by atoms with Gasteiger partial charge in [0.05, 0.1) is 0 Å². The van der Waals surface area contributed by atoms with Crippen LogP contribution in [0.1, 0.15) is 16.7 Å². The second-order valence-electron chi connectivity index (χ2n) is 5.18. The lowest BCUT2D eigenvalue weighted by atomic mass is 10.1. The highest BCUT2D eigenvalue weighted by molar-refractivity contribution is 5.91. The van der Waals surface area contributed by atoms with Crippen LogP contribution in [0.4, 0.5) is 11.4 Å². The lowest BCUT2D eigenvalue weighted by Gasteiger charge is -2.12. The van der Waals surface area contributed by atoms with Crippen LogP contribution in [-0.4, -0.2) is 12.5 Å². The van der Waals surface area contributed by atoms with Gasteiger partial charge in [0.2, 0.25) is 0 Å². The van der Waals surface area contributed by atoms with Gasteiger partial charge in [-0.05, 0) is 49.6 Å². The molecule has 0 aliphatic carbocycles. The standard InChI is InChI=1S/C17H20N2O2/c1-11-5-4-6-14(7-11)19-17(20)10-21-16-9-15(18)12(2)8-13(16)3/h4-9H,10,18H2,1-3H3,(H,19,20). The number of anilines is 2. The summed E-state index contributed by atoms with van der Waals surface area (Å²) >= 11 is 0. The third-order valence-corrected chi connectivity index (χ3v) is 3.22. The van der Waals surface area contributed by atoms with E-state index in [-0.39, 0.29) is 12.5 Å². The second kappa shape index (κ2) is 6.31. The Labute approximate surface area is 124 Å². The molecule has 0 aliphatic rings. The summed E-state index contributed by atoms with van der Waals surface area (Å²) in [5.41, 5.74) is 10.3. The monoisotopic (exact) mass is 284 g/mol. The van der Waals surface area contributed by atoms with Gasteiger partial charge in [0, 0.05) is 17.4 Å². The second-order valence-corrected chi connectivity index (χ2v) is 5.18. The van der Waals surface area contributed by atoms with Gasteiger partial charge in [0.1, 0.15) is 5.75 Å². The number of nitrogens with one attached hydrogen (secondary N) is 1. The van der Waals surface area contributed by atoms with E-state index < -0.39 is 0 Å². The van der Waals surface area contributed by atoms with Crippen LogP contribution in [0.25, 0.3) is 0 Å².